The first-order valence-electron chi connectivity index (χ1n) is 4.82. The maximum Gasteiger partial charge on any atom is 0.311 e. The summed E-state index contributed by atoms with van der Waals surface area (Å²) in [6.45, 7) is 3.85. The van der Waals surface area contributed by atoms with E-state index < -0.39 is 4.92 Å². The first-order chi connectivity index (χ1) is 7.47. The summed E-state index contributed by atoms with van der Waals surface area (Å²) in [7, 11) is 1.75. The van der Waals surface area contributed by atoms with Gasteiger partial charge < -0.3 is 10.3 Å². The maximum absolute atomic E-state index is 10.8. The molecule has 7 nitrogen and oxygen atoms in total. The molecule has 0 atom stereocenters. The third kappa shape index (κ3) is 2.37. The van der Waals surface area contributed by atoms with Gasteiger partial charge in [0.25, 0.3) is 0 Å². The van der Waals surface area contributed by atoms with Gasteiger partial charge in [-0.25, -0.2) is 10.8 Å². The second-order valence-electron chi connectivity index (χ2n) is 3.65. The summed E-state index contributed by atoms with van der Waals surface area (Å²) in [6.07, 6.45) is 0. The van der Waals surface area contributed by atoms with Crippen molar-refractivity contribution in [2.24, 2.45) is 5.84 Å². The Morgan fingerprint density at radius 1 is 1.56 bits per heavy atom. The molecule has 0 radical (unpaired) electrons. The minimum absolute atomic E-state index is 0.0322. The van der Waals surface area contributed by atoms with Gasteiger partial charge in [-0.05, 0) is 19.9 Å². The van der Waals surface area contributed by atoms with Gasteiger partial charge in [0.1, 0.15) is 5.82 Å². The Morgan fingerprint density at radius 3 is 2.62 bits per heavy atom. The SMILES string of the molecule is CC(C)N(C)c1nc(NN)ccc1[N+](=O)[O-]. The molecule has 0 saturated heterocycles. The largest absolute Gasteiger partial charge is 0.351 e. The molecule has 88 valence electrons. The van der Waals surface area contributed by atoms with E-state index in [1.165, 1.54) is 12.1 Å². The van der Waals surface area contributed by atoms with E-state index in [-0.39, 0.29) is 11.7 Å². The van der Waals surface area contributed by atoms with Crippen LogP contribution in [0.3, 0.4) is 0 Å². The summed E-state index contributed by atoms with van der Waals surface area (Å²) in [5, 5.41) is 10.8. The van der Waals surface area contributed by atoms with E-state index in [0.717, 1.165) is 0 Å². The fraction of sp³-hybridized carbons (Fsp3) is 0.444. The van der Waals surface area contributed by atoms with Crippen molar-refractivity contribution in [3.8, 4) is 0 Å². The summed E-state index contributed by atoms with van der Waals surface area (Å²) in [6, 6.07) is 2.96. The topological polar surface area (TPSA) is 97.3 Å². The van der Waals surface area contributed by atoms with Crippen LogP contribution in [0.4, 0.5) is 17.3 Å². The molecular weight excluding hydrogens is 210 g/mol. The summed E-state index contributed by atoms with van der Waals surface area (Å²) >= 11 is 0. The number of hydrogen-bond acceptors (Lipinski definition) is 6. The van der Waals surface area contributed by atoms with Crippen LogP contribution in [0.15, 0.2) is 12.1 Å². The second kappa shape index (κ2) is 4.75. The number of rotatable bonds is 4. The number of anilines is 2. The number of nitrogen functional groups attached to an aromatic ring is 1. The highest BCUT2D eigenvalue weighted by Gasteiger charge is 2.20. The predicted octanol–water partition coefficient (Wildman–Crippen LogP) is 1.12. The number of aromatic nitrogens is 1. The van der Waals surface area contributed by atoms with E-state index in [1.54, 1.807) is 11.9 Å². The normalized spacial score (nSPS) is 10.3. The molecule has 1 rings (SSSR count). The minimum Gasteiger partial charge on any atom is -0.351 e. The summed E-state index contributed by atoms with van der Waals surface area (Å²) < 4.78 is 0. The molecule has 3 N–H and O–H groups in total. The quantitative estimate of drug-likeness (QED) is 0.452. The van der Waals surface area contributed by atoms with E-state index >= 15 is 0 Å². The maximum atomic E-state index is 10.8. The fourth-order valence-corrected chi connectivity index (χ4v) is 1.17. The number of hydrazine groups is 1. The Bertz CT molecular complexity index is 393. The van der Waals surface area contributed by atoms with Crippen molar-refractivity contribution >= 4 is 17.3 Å². The zero-order valence-corrected chi connectivity index (χ0v) is 9.47. The predicted molar refractivity (Wildman–Crippen MR) is 62.2 cm³/mol. The summed E-state index contributed by atoms with van der Waals surface area (Å²) in [4.78, 5) is 16.2. The van der Waals surface area contributed by atoms with E-state index in [1.807, 2.05) is 13.8 Å². The highest BCUT2D eigenvalue weighted by atomic mass is 16.6. The zero-order valence-electron chi connectivity index (χ0n) is 9.47. The van der Waals surface area contributed by atoms with Crippen molar-refractivity contribution < 1.29 is 4.92 Å². The van der Waals surface area contributed by atoms with Gasteiger partial charge in [0, 0.05) is 19.2 Å². The summed E-state index contributed by atoms with van der Waals surface area (Å²) in [5.74, 6) is 5.92. The van der Waals surface area contributed by atoms with Gasteiger partial charge >= 0.3 is 5.69 Å². The van der Waals surface area contributed by atoms with Gasteiger partial charge in [0.2, 0.25) is 5.82 Å². The number of nitrogens with two attached hydrogens (primary N) is 1. The number of pyridine rings is 1. The van der Waals surface area contributed by atoms with Crippen molar-refractivity contribution in [2.75, 3.05) is 17.4 Å². The first kappa shape index (κ1) is 12.2. The molecule has 0 aliphatic heterocycles. The molecule has 7 heteroatoms. The second-order valence-corrected chi connectivity index (χ2v) is 3.65. The van der Waals surface area contributed by atoms with Gasteiger partial charge in [-0.2, -0.15) is 0 Å². The van der Waals surface area contributed by atoms with E-state index in [0.29, 0.717) is 11.6 Å². The lowest BCUT2D eigenvalue weighted by atomic mass is 10.3. The van der Waals surface area contributed by atoms with E-state index in [4.69, 9.17) is 5.84 Å². The molecule has 1 aromatic rings. The molecule has 0 saturated carbocycles. The fourth-order valence-electron chi connectivity index (χ4n) is 1.17. The Balaban J connectivity index is 3.25. The zero-order chi connectivity index (χ0) is 12.3. The molecular formula is C9H15N5O2. The highest BCUT2D eigenvalue weighted by Crippen LogP contribution is 2.27. The van der Waals surface area contributed by atoms with E-state index in [2.05, 4.69) is 10.4 Å². The molecule has 16 heavy (non-hydrogen) atoms. The molecule has 0 unspecified atom stereocenters. The van der Waals surface area contributed by atoms with Gasteiger partial charge in [-0.3, -0.25) is 10.1 Å². The molecule has 0 bridgehead atoms. The number of nitrogens with zero attached hydrogens (tertiary/aromatic N) is 3. The van der Waals surface area contributed by atoms with Gasteiger partial charge in [-0.15, -0.1) is 0 Å². The third-order valence-corrected chi connectivity index (χ3v) is 2.31. The van der Waals surface area contributed by atoms with Crippen molar-refractivity contribution in [1.82, 2.24) is 4.98 Å². The van der Waals surface area contributed by atoms with Crippen LogP contribution in [0.2, 0.25) is 0 Å². The molecule has 1 aromatic heterocycles. The average Bonchev–Trinajstić information content (AvgIpc) is 2.26. The van der Waals surface area contributed by atoms with E-state index in [9.17, 15) is 10.1 Å². The smallest absolute Gasteiger partial charge is 0.311 e. The van der Waals surface area contributed by atoms with Gasteiger partial charge in [-0.1, -0.05) is 0 Å². The Kier molecular flexibility index (Phi) is 3.62. The number of hydrogen-bond donors (Lipinski definition) is 2. The lowest BCUT2D eigenvalue weighted by Gasteiger charge is -2.22. The number of nitrogens with one attached hydrogen (secondary N) is 1. The third-order valence-electron chi connectivity index (χ3n) is 2.31. The van der Waals surface area contributed by atoms with Crippen molar-refractivity contribution in [2.45, 2.75) is 19.9 Å². The standard InChI is InChI=1S/C9H15N5O2/c1-6(2)13(3)9-7(14(15)16)4-5-8(11-9)12-10/h4-6H,10H2,1-3H3,(H,11,12). The highest BCUT2D eigenvalue weighted by molar-refractivity contribution is 5.61. The molecule has 0 fully saturated rings. The molecule has 0 aliphatic carbocycles. The minimum atomic E-state index is -0.457. The van der Waals surface area contributed by atoms with Crippen molar-refractivity contribution in [1.29, 1.82) is 0 Å². The molecule has 0 amide bonds. The van der Waals surface area contributed by atoms with Crippen LogP contribution in [0.25, 0.3) is 0 Å². The van der Waals surface area contributed by atoms with Crippen LogP contribution in [-0.4, -0.2) is 23.0 Å². The van der Waals surface area contributed by atoms with Crippen molar-refractivity contribution in [3.63, 3.8) is 0 Å². The lowest BCUT2D eigenvalue weighted by molar-refractivity contribution is -0.384. The Hall–Kier alpha value is -1.89. The summed E-state index contributed by atoms with van der Waals surface area (Å²) in [5.41, 5.74) is 2.33. The average molecular weight is 225 g/mol. The molecule has 0 aliphatic rings. The molecule has 0 spiro atoms. The van der Waals surface area contributed by atoms with Crippen LogP contribution >= 0.6 is 0 Å². The van der Waals surface area contributed by atoms with Crippen LogP contribution in [0.1, 0.15) is 13.8 Å². The van der Waals surface area contributed by atoms with Gasteiger partial charge in [0.15, 0.2) is 0 Å². The van der Waals surface area contributed by atoms with Gasteiger partial charge in [0.05, 0.1) is 4.92 Å². The van der Waals surface area contributed by atoms with Crippen LogP contribution in [-0.2, 0) is 0 Å². The molecule has 0 aromatic carbocycles. The molecule has 1 heterocycles. The Labute approximate surface area is 93.4 Å². The van der Waals surface area contributed by atoms with Crippen LogP contribution in [0, 0.1) is 10.1 Å². The Morgan fingerprint density at radius 2 is 2.19 bits per heavy atom. The first-order valence-corrected chi connectivity index (χ1v) is 4.82. The van der Waals surface area contributed by atoms with Crippen LogP contribution in [0.5, 0.6) is 0 Å². The monoisotopic (exact) mass is 225 g/mol. The lowest BCUT2D eigenvalue weighted by Crippen LogP contribution is -2.27. The number of nitro groups is 1. The van der Waals surface area contributed by atoms with Crippen molar-refractivity contribution in [3.05, 3.63) is 22.2 Å². The van der Waals surface area contributed by atoms with Crippen LogP contribution < -0.4 is 16.2 Å².